The Bertz CT molecular complexity index is 668. The molecule has 1 N–H and O–H groups in total. The first-order chi connectivity index (χ1) is 13.7. The van der Waals surface area contributed by atoms with Gasteiger partial charge in [-0.05, 0) is 51.3 Å². The summed E-state index contributed by atoms with van der Waals surface area (Å²) in [6.07, 6.45) is 10.1. The molecule has 2 amide bonds. The number of allylic oxidation sites excluding steroid dienone is 1. The molecule has 0 bridgehead atoms. The lowest BCUT2D eigenvalue weighted by Crippen LogP contribution is -2.51. The van der Waals surface area contributed by atoms with E-state index in [2.05, 4.69) is 15.2 Å². The Labute approximate surface area is 168 Å². The average molecular weight is 385 g/mol. The van der Waals surface area contributed by atoms with Crippen LogP contribution >= 0.6 is 0 Å². The third-order valence-electron chi connectivity index (χ3n) is 5.86. The maximum Gasteiger partial charge on any atom is 0.226 e. The highest BCUT2D eigenvalue weighted by molar-refractivity contribution is 5.79. The van der Waals surface area contributed by atoms with Gasteiger partial charge in [0.15, 0.2) is 0 Å². The Morgan fingerprint density at radius 3 is 2.75 bits per heavy atom. The summed E-state index contributed by atoms with van der Waals surface area (Å²) in [5.74, 6) is 0.406. The van der Waals surface area contributed by atoms with Gasteiger partial charge < -0.3 is 10.2 Å². The zero-order valence-electron chi connectivity index (χ0n) is 16.8. The van der Waals surface area contributed by atoms with Gasteiger partial charge in [0, 0.05) is 38.3 Å². The molecule has 1 aromatic rings. The molecule has 3 heterocycles. The zero-order chi connectivity index (χ0) is 19.8. The van der Waals surface area contributed by atoms with Gasteiger partial charge in [0.2, 0.25) is 11.8 Å². The Morgan fingerprint density at radius 1 is 1.21 bits per heavy atom. The summed E-state index contributed by atoms with van der Waals surface area (Å²) >= 11 is 0. The van der Waals surface area contributed by atoms with E-state index in [4.69, 9.17) is 0 Å². The van der Waals surface area contributed by atoms with Crippen LogP contribution in [0.5, 0.6) is 0 Å². The van der Waals surface area contributed by atoms with Crippen LogP contribution in [-0.2, 0) is 16.1 Å². The van der Waals surface area contributed by atoms with Crippen LogP contribution in [0.4, 0.5) is 0 Å². The lowest BCUT2D eigenvalue weighted by molar-refractivity contribution is -0.132. The van der Waals surface area contributed by atoms with Crippen molar-refractivity contribution in [3.05, 3.63) is 42.2 Å². The maximum absolute atomic E-state index is 12.6. The molecule has 3 rings (SSSR count). The van der Waals surface area contributed by atoms with Crippen LogP contribution in [0, 0.1) is 5.92 Å². The van der Waals surface area contributed by atoms with Crippen LogP contribution in [0.1, 0.15) is 44.7 Å². The van der Waals surface area contributed by atoms with Gasteiger partial charge in [0.1, 0.15) is 0 Å². The van der Waals surface area contributed by atoms with Gasteiger partial charge in [0.25, 0.3) is 0 Å². The largest absolute Gasteiger partial charge is 0.350 e. The Morgan fingerprint density at radius 2 is 2.04 bits per heavy atom. The summed E-state index contributed by atoms with van der Waals surface area (Å²) in [5, 5.41) is 3.05. The summed E-state index contributed by atoms with van der Waals surface area (Å²) in [5.41, 5.74) is 0.887. The fraction of sp³-hybridized carbons (Fsp3) is 0.591. The van der Waals surface area contributed by atoms with E-state index in [9.17, 15) is 9.59 Å². The number of hydrogen-bond donors (Lipinski definition) is 1. The fourth-order valence-electron chi connectivity index (χ4n) is 4.20. The first-order valence-electron chi connectivity index (χ1n) is 10.5. The molecular formula is C22H32N4O2. The Hall–Kier alpha value is -2.21. The lowest BCUT2D eigenvalue weighted by Gasteiger charge is -2.42. The molecule has 152 valence electrons. The van der Waals surface area contributed by atoms with Gasteiger partial charge in [-0.1, -0.05) is 18.2 Å². The lowest BCUT2D eigenvalue weighted by atomic mass is 9.93. The predicted molar refractivity (Wildman–Crippen MR) is 109 cm³/mol. The van der Waals surface area contributed by atoms with E-state index in [-0.39, 0.29) is 17.7 Å². The standard InChI is InChI=1S/C22H32N4O2/c1-2-3-9-21(27)25-14-10-20(11-15-25)26-13-6-7-18(17-26)22(28)24-16-19-8-4-5-12-23-19/h2-5,8,12,18,20H,6-7,9-11,13-17H2,1H3,(H,24,28)/b3-2+/t18-/m1/s1. The van der Waals surface area contributed by atoms with Gasteiger partial charge in [-0.3, -0.25) is 19.5 Å². The molecule has 0 aliphatic carbocycles. The molecule has 1 aromatic heterocycles. The molecule has 0 spiro atoms. The second kappa shape index (κ2) is 10.4. The van der Waals surface area contributed by atoms with Crippen LogP contribution in [-0.4, -0.2) is 58.8 Å². The predicted octanol–water partition coefficient (Wildman–Crippen LogP) is 2.37. The molecule has 28 heavy (non-hydrogen) atoms. The van der Waals surface area contributed by atoms with E-state index in [1.807, 2.05) is 42.2 Å². The van der Waals surface area contributed by atoms with Crippen LogP contribution in [0.2, 0.25) is 0 Å². The summed E-state index contributed by atoms with van der Waals surface area (Å²) in [6, 6.07) is 6.23. The van der Waals surface area contributed by atoms with Gasteiger partial charge in [-0.2, -0.15) is 0 Å². The van der Waals surface area contributed by atoms with Gasteiger partial charge in [-0.25, -0.2) is 0 Å². The monoisotopic (exact) mass is 384 g/mol. The molecule has 2 aliphatic heterocycles. The number of carbonyl (C=O) groups is 2. The number of aromatic nitrogens is 1. The molecule has 0 unspecified atom stereocenters. The highest BCUT2D eigenvalue weighted by atomic mass is 16.2. The second-order valence-electron chi connectivity index (χ2n) is 7.76. The minimum Gasteiger partial charge on any atom is -0.350 e. The number of pyridine rings is 1. The molecule has 6 heteroatoms. The van der Waals surface area contributed by atoms with Crippen molar-refractivity contribution in [3.63, 3.8) is 0 Å². The summed E-state index contributed by atoms with van der Waals surface area (Å²) in [6.45, 7) is 5.97. The highest BCUT2D eigenvalue weighted by Crippen LogP contribution is 2.24. The van der Waals surface area contributed by atoms with Crippen molar-refractivity contribution in [1.82, 2.24) is 20.1 Å². The van der Waals surface area contributed by atoms with E-state index < -0.39 is 0 Å². The minimum absolute atomic E-state index is 0.0480. The minimum atomic E-state index is 0.0480. The van der Waals surface area contributed by atoms with Crippen LogP contribution in [0.3, 0.4) is 0 Å². The maximum atomic E-state index is 12.6. The molecular weight excluding hydrogens is 352 g/mol. The first-order valence-corrected chi connectivity index (χ1v) is 10.5. The smallest absolute Gasteiger partial charge is 0.226 e. The summed E-state index contributed by atoms with van der Waals surface area (Å²) < 4.78 is 0. The van der Waals surface area contributed by atoms with Crippen molar-refractivity contribution in [2.24, 2.45) is 5.92 Å². The Balaban J connectivity index is 1.44. The van der Waals surface area contributed by atoms with Crippen molar-refractivity contribution in [2.45, 2.75) is 51.6 Å². The van der Waals surface area contributed by atoms with Gasteiger partial charge in [-0.15, -0.1) is 0 Å². The van der Waals surface area contributed by atoms with Crippen LogP contribution in [0.25, 0.3) is 0 Å². The topological polar surface area (TPSA) is 65.5 Å². The van der Waals surface area contributed by atoms with Crippen molar-refractivity contribution >= 4 is 11.8 Å². The molecule has 0 saturated carbocycles. The summed E-state index contributed by atoms with van der Waals surface area (Å²) in [4.78, 5) is 33.5. The van der Waals surface area contributed by atoms with Crippen molar-refractivity contribution in [1.29, 1.82) is 0 Å². The molecule has 1 atom stereocenters. The van der Waals surface area contributed by atoms with E-state index in [1.54, 1.807) is 6.20 Å². The Kier molecular flexibility index (Phi) is 7.60. The molecule has 2 fully saturated rings. The van der Waals surface area contributed by atoms with Crippen LogP contribution in [0.15, 0.2) is 36.5 Å². The zero-order valence-corrected chi connectivity index (χ0v) is 16.8. The third kappa shape index (κ3) is 5.64. The first kappa shape index (κ1) is 20.5. The number of carbonyl (C=O) groups excluding carboxylic acids is 2. The van der Waals surface area contributed by atoms with E-state index in [0.717, 1.165) is 57.6 Å². The average Bonchev–Trinajstić information content (AvgIpc) is 2.76. The van der Waals surface area contributed by atoms with E-state index in [1.165, 1.54) is 0 Å². The van der Waals surface area contributed by atoms with E-state index in [0.29, 0.717) is 19.0 Å². The van der Waals surface area contributed by atoms with E-state index >= 15 is 0 Å². The number of hydrogen-bond acceptors (Lipinski definition) is 4. The molecule has 2 aliphatic rings. The molecule has 6 nitrogen and oxygen atoms in total. The third-order valence-corrected chi connectivity index (χ3v) is 5.86. The molecule has 0 aromatic carbocycles. The van der Waals surface area contributed by atoms with Gasteiger partial charge in [0.05, 0.1) is 18.2 Å². The number of nitrogens with zero attached hydrogens (tertiary/aromatic N) is 3. The van der Waals surface area contributed by atoms with Gasteiger partial charge >= 0.3 is 0 Å². The number of amides is 2. The van der Waals surface area contributed by atoms with Crippen molar-refractivity contribution in [3.8, 4) is 0 Å². The molecule has 2 saturated heterocycles. The normalized spacial score (nSPS) is 21.8. The number of nitrogens with one attached hydrogen (secondary N) is 1. The van der Waals surface area contributed by atoms with Crippen molar-refractivity contribution in [2.75, 3.05) is 26.2 Å². The van der Waals surface area contributed by atoms with Crippen molar-refractivity contribution < 1.29 is 9.59 Å². The summed E-state index contributed by atoms with van der Waals surface area (Å²) in [7, 11) is 0. The number of rotatable bonds is 6. The number of likely N-dealkylation sites (tertiary alicyclic amines) is 2. The molecule has 0 radical (unpaired) electrons. The second-order valence-corrected chi connectivity index (χ2v) is 7.76. The SMILES string of the molecule is C/C=C/CC(=O)N1CCC(N2CCC[C@@H](C(=O)NCc3ccccn3)C2)CC1. The fourth-order valence-corrected chi connectivity index (χ4v) is 4.20. The highest BCUT2D eigenvalue weighted by Gasteiger charge is 2.32. The number of piperidine rings is 2. The van der Waals surface area contributed by atoms with Crippen LogP contribution < -0.4 is 5.32 Å². The quantitative estimate of drug-likeness (QED) is 0.765.